The van der Waals surface area contributed by atoms with Crippen LogP contribution in [0.4, 0.5) is 10.5 Å². The molecule has 0 aliphatic carbocycles. The van der Waals surface area contributed by atoms with Crippen molar-refractivity contribution in [3.05, 3.63) is 23.2 Å². The van der Waals surface area contributed by atoms with Gasteiger partial charge in [-0.15, -0.1) is 0 Å². The van der Waals surface area contributed by atoms with Gasteiger partial charge in [0.2, 0.25) is 0 Å². The number of carboxylic acid groups (broad SMARTS) is 1. The van der Waals surface area contributed by atoms with Gasteiger partial charge in [-0.25, -0.2) is 4.79 Å². The topological polar surface area (TPSA) is 119 Å². The number of carboxylic acids is 1. The van der Waals surface area contributed by atoms with E-state index in [0.29, 0.717) is 27.3 Å². The van der Waals surface area contributed by atoms with E-state index in [1.807, 2.05) is 18.7 Å². The highest BCUT2D eigenvalue weighted by Crippen LogP contribution is 2.42. The van der Waals surface area contributed by atoms with Crippen LogP contribution in [-0.2, 0) is 9.53 Å². The van der Waals surface area contributed by atoms with Crippen LogP contribution in [0.1, 0.15) is 20.8 Å². The number of nitrogens with zero attached hydrogens (tertiary/aromatic N) is 2. The molecule has 0 spiro atoms. The molecule has 0 aromatic heterocycles. The number of ether oxygens (including phenoxy) is 2. The second kappa shape index (κ2) is 12.8. The van der Waals surface area contributed by atoms with Crippen LogP contribution in [0.3, 0.4) is 0 Å². The highest BCUT2D eigenvalue weighted by molar-refractivity contribution is 8.24. The molecule has 3 N–H and O–H groups in total. The van der Waals surface area contributed by atoms with Crippen molar-refractivity contribution >= 4 is 57.6 Å². The quantitative estimate of drug-likeness (QED) is 0.275. The molecular formula is C21H31ClN4O6S2. The zero-order valence-corrected chi connectivity index (χ0v) is 22.0. The number of amides is 2. The van der Waals surface area contributed by atoms with Gasteiger partial charge in [-0.1, -0.05) is 35.6 Å². The van der Waals surface area contributed by atoms with Crippen molar-refractivity contribution in [2.75, 3.05) is 51.8 Å². The van der Waals surface area contributed by atoms with E-state index >= 15 is 0 Å². The summed E-state index contributed by atoms with van der Waals surface area (Å²) in [5.41, 5.74) is 0.459. The molecule has 1 aromatic carbocycles. The molecule has 1 aromatic rings. The Morgan fingerprint density at radius 2 is 2.06 bits per heavy atom. The number of aliphatic carboxylic acids is 1. The standard InChI is InChI=1S/C19H27ClN4O4S2.C2H4O2/c1-19(2)16(23(18(29)30-19)7-6-22-8-10-28-11-9-22)24(26)17(25)21-13-4-5-15(27-3)14(20)12-13;1-2(3)4/h4-5,12,16,26H,6-11H2,1-3H3,(H,21,25);1H3,(H,3,4). The number of hydrogen-bond donors (Lipinski definition) is 3. The molecule has 2 amide bonds. The van der Waals surface area contributed by atoms with E-state index in [0.717, 1.165) is 44.8 Å². The number of carbonyl (C=O) groups excluding carboxylic acids is 2. The van der Waals surface area contributed by atoms with Gasteiger partial charge in [-0.3, -0.25) is 5.21 Å². The van der Waals surface area contributed by atoms with E-state index in [1.54, 1.807) is 18.2 Å². The van der Waals surface area contributed by atoms with Gasteiger partial charge in [0.1, 0.15) is 29.3 Å². The maximum Gasteiger partial charge on any atom is 0.347 e. The van der Waals surface area contributed by atoms with E-state index < -0.39 is 22.9 Å². The van der Waals surface area contributed by atoms with Gasteiger partial charge in [-0.2, -0.15) is 5.06 Å². The molecular weight excluding hydrogens is 504 g/mol. The number of methoxy groups -OCH3 is 1. The molecule has 13 heteroatoms. The Morgan fingerprint density at radius 3 is 2.62 bits per heavy atom. The fourth-order valence-electron chi connectivity index (χ4n) is 3.68. The number of quaternary nitrogens is 1. The second-order valence-electron chi connectivity index (χ2n) is 8.27. The zero-order valence-electron chi connectivity index (χ0n) is 19.6. The van der Waals surface area contributed by atoms with E-state index in [2.05, 4.69) is 5.32 Å². The molecule has 1 unspecified atom stereocenters. The minimum Gasteiger partial charge on any atom is -0.550 e. The van der Waals surface area contributed by atoms with E-state index in [-0.39, 0.29) is 0 Å². The molecule has 10 nitrogen and oxygen atoms in total. The monoisotopic (exact) mass is 534 g/mol. The number of anilines is 1. The van der Waals surface area contributed by atoms with Crippen molar-refractivity contribution in [3.63, 3.8) is 0 Å². The van der Waals surface area contributed by atoms with Gasteiger partial charge in [-0.05, 0) is 39.0 Å². The van der Waals surface area contributed by atoms with Crippen molar-refractivity contribution in [3.8, 4) is 5.75 Å². The number of urea groups is 1. The lowest BCUT2D eigenvalue weighted by atomic mass is 10.1. The molecule has 0 saturated carbocycles. The lowest BCUT2D eigenvalue weighted by molar-refractivity contribution is -0.907. The summed E-state index contributed by atoms with van der Waals surface area (Å²) >= 11 is 13.2. The van der Waals surface area contributed by atoms with Crippen LogP contribution in [0.25, 0.3) is 0 Å². The smallest absolute Gasteiger partial charge is 0.347 e. The van der Waals surface area contributed by atoms with Crippen molar-refractivity contribution in [1.29, 1.82) is 0 Å². The van der Waals surface area contributed by atoms with Gasteiger partial charge >= 0.3 is 6.03 Å². The minimum absolute atomic E-state index is 0.368. The highest BCUT2D eigenvalue weighted by atomic mass is 35.5. The third kappa shape index (κ3) is 7.85. The summed E-state index contributed by atoms with van der Waals surface area (Å²) in [6, 6.07) is 4.24. The summed E-state index contributed by atoms with van der Waals surface area (Å²) in [6.07, 6.45) is -0.593. The van der Waals surface area contributed by atoms with Crippen molar-refractivity contribution in [1.82, 2.24) is 9.96 Å². The Hall–Kier alpha value is -1.83. The first-order valence-corrected chi connectivity index (χ1v) is 12.3. The number of carbonyl (C=O) groups is 2. The third-order valence-corrected chi connectivity index (χ3v) is 7.18. The SMILES string of the molecule is CC(=O)[O-].COc1ccc(NC(=O)N(O)C2N(CC[NH+]3CCOCC3)C(=S)SC2(C)C)cc1Cl. The van der Waals surface area contributed by atoms with Gasteiger partial charge in [0.25, 0.3) is 0 Å². The van der Waals surface area contributed by atoms with Crippen LogP contribution in [0.2, 0.25) is 5.02 Å². The van der Waals surface area contributed by atoms with Gasteiger partial charge in [0, 0.05) is 11.7 Å². The number of halogens is 1. The van der Waals surface area contributed by atoms with Crippen LogP contribution in [-0.4, -0.2) is 88.9 Å². The molecule has 0 bridgehead atoms. The Labute approximate surface area is 214 Å². The first-order chi connectivity index (χ1) is 16.0. The number of hydrogen-bond acceptors (Lipinski definition) is 8. The predicted molar refractivity (Wildman–Crippen MR) is 132 cm³/mol. The Kier molecular flexibility index (Phi) is 10.7. The van der Waals surface area contributed by atoms with Crippen LogP contribution < -0.4 is 20.1 Å². The fourth-order valence-corrected chi connectivity index (χ4v) is 5.86. The molecule has 0 radical (unpaired) electrons. The Bertz CT molecular complexity index is 881. The summed E-state index contributed by atoms with van der Waals surface area (Å²) in [7, 11) is 1.52. The van der Waals surface area contributed by atoms with E-state index in [9.17, 15) is 10.0 Å². The average molecular weight is 535 g/mol. The second-order valence-corrected chi connectivity index (χ2v) is 11.0. The number of thiocarbonyl (C=S) groups is 1. The molecule has 1 atom stereocenters. The summed E-state index contributed by atoms with van der Waals surface area (Å²) < 4.78 is 10.7. The predicted octanol–water partition coefficient (Wildman–Crippen LogP) is 0.681. The largest absolute Gasteiger partial charge is 0.550 e. The average Bonchev–Trinajstić information content (AvgIpc) is 2.99. The number of hydroxylamine groups is 2. The van der Waals surface area contributed by atoms with Crippen molar-refractivity contribution in [2.45, 2.75) is 31.7 Å². The van der Waals surface area contributed by atoms with Crippen LogP contribution in [0.15, 0.2) is 18.2 Å². The number of benzene rings is 1. The molecule has 2 saturated heterocycles. The molecule has 190 valence electrons. The minimum atomic E-state index is -1.08. The Morgan fingerprint density at radius 1 is 1.44 bits per heavy atom. The summed E-state index contributed by atoms with van der Waals surface area (Å²) in [4.78, 5) is 25.1. The summed E-state index contributed by atoms with van der Waals surface area (Å²) in [5.74, 6) is -0.578. The number of morpholine rings is 1. The van der Waals surface area contributed by atoms with E-state index in [1.165, 1.54) is 23.8 Å². The Balaban J connectivity index is 0.000000945. The van der Waals surface area contributed by atoms with Gasteiger partial charge < -0.3 is 34.5 Å². The summed E-state index contributed by atoms with van der Waals surface area (Å²) in [6.45, 7) is 9.82. The normalized spacial score (nSPS) is 19.8. The third-order valence-electron chi connectivity index (χ3n) is 5.25. The molecule has 2 aliphatic rings. The van der Waals surface area contributed by atoms with Crippen LogP contribution in [0.5, 0.6) is 5.75 Å². The maximum absolute atomic E-state index is 12.8. The maximum atomic E-state index is 12.8. The van der Waals surface area contributed by atoms with Crippen LogP contribution >= 0.6 is 35.6 Å². The van der Waals surface area contributed by atoms with Crippen LogP contribution in [0, 0.1) is 0 Å². The zero-order chi connectivity index (χ0) is 25.5. The molecule has 2 heterocycles. The van der Waals surface area contributed by atoms with E-state index in [4.69, 9.17) is 43.2 Å². The first kappa shape index (κ1) is 28.4. The lowest BCUT2D eigenvalue weighted by Crippen LogP contribution is -3.14. The highest BCUT2D eigenvalue weighted by Gasteiger charge is 2.49. The molecule has 3 rings (SSSR count). The first-order valence-electron chi connectivity index (χ1n) is 10.7. The lowest BCUT2D eigenvalue weighted by Gasteiger charge is -2.37. The van der Waals surface area contributed by atoms with Crippen molar-refractivity contribution < 1.29 is 34.3 Å². The molecule has 2 fully saturated rings. The number of nitrogens with one attached hydrogen (secondary N) is 2. The van der Waals surface area contributed by atoms with Crippen molar-refractivity contribution in [2.24, 2.45) is 0 Å². The number of rotatable bonds is 6. The summed E-state index contributed by atoms with van der Waals surface area (Å²) in [5, 5.41) is 23.5. The molecule has 2 aliphatic heterocycles. The molecule has 34 heavy (non-hydrogen) atoms. The fraction of sp³-hybridized carbons (Fsp3) is 0.571. The van der Waals surface area contributed by atoms with Gasteiger partial charge in [0.05, 0.1) is 43.2 Å². The number of thioether (sulfide) groups is 1. The van der Waals surface area contributed by atoms with Gasteiger partial charge in [0.15, 0.2) is 0 Å².